The fourth-order valence-corrected chi connectivity index (χ4v) is 2.52. The van der Waals surface area contributed by atoms with E-state index in [0.717, 1.165) is 32.0 Å². The maximum Gasteiger partial charge on any atom is 0.223 e. The molecule has 122 valence electrons. The molecule has 6 heteroatoms. The molecule has 1 saturated heterocycles. The van der Waals surface area contributed by atoms with Crippen molar-refractivity contribution in [3.8, 4) is 0 Å². The number of hydrogen-bond donors (Lipinski definition) is 1. The number of anilines is 1. The molecule has 0 aliphatic carbocycles. The minimum Gasteiger partial charge on any atom is -0.395 e. The van der Waals surface area contributed by atoms with E-state index < -0.39 is 0 Å². The first kappa shape index (κ1) is 16.7. The summed E-state index contributed by atoms with van der Waals surface area (Å²) >= 11 is 0. The van der Waals surface area contributed by atoms with Crippen LogP contribution in [-0.4, -0.2) is 78.2 Å². The summed E-state index contributed by atoms with van der Waals surface area (Å²) in [4.78, 5) is 22.8. The molecule has 1 aromatic rings. The summed E-state index contributed by atoms with van der Waals surface area (Å²) in [5, 5.41) is 9.11. The van der Waals surface area contributed by atoms with Crippen LogP contribution in [0.1, 0.15) is 13.3 Å². The Morgan fingerprint density at radius 3 is 2.68 bits per heavy atom. The van der Waals surface area contributed by atoms with Gasteiger partial charge in [0.25, 0.3) is 0 Å². The highest BCUT2D eigenvalue weighted by Gasteiger charge is 2.22. The van der Waals surface area contributed by atoms with E-state index in [4.69, 9.17) is 5.11 Å². The number of hydrogen-bond acceptors (Lipinski definition) is 5. The van der Waals surface area contributed by atoms with E-state index in [1.54, 1.807) is 6.20 Å². The van der Waals surface area contributed by atoms with Gasteiger partial charge in [0.2, 0.25) is 5.91 Å². The zero-order valence-corrected chi connectivity index (χ0v) is 13.5. The van der Waals surface area contributed by atoms with E-state index in [2.05, 4.69) is 9.88 Å². The summed E-state index contributed by atoms with van der Waals surface area (Å²) in [7, 11) is 1.94. The van der Waals surface area contributed by atoms with Gasteiger partial charge in [-0.15, -0.1) is 0 Å². The van der Waals surface area contributed by atoms with Crippen LogP contribution in [0.3, 0.4) is 0 Å². The predicted octanol–water partition coefficient (Wildman–Crippen LogP) is 0.433. The second-order valence-electron chi connectivity index (χ2n) is 5.82. The molecule has 2 rings (SSSR count). The molecule has 0 spiro atoms. The highest BCUT2D eigenvalue weighted by Crippen LogP contribution is 2.13. The van der Waals surface area contributed by atoms with Crippen LogP contribution in [0, 0.1) is 0 Å². The first-order chi connectivity index (χ1) is 10.6. The number of piperazine rings is 1. The Morgan fingerprint density at radius 1 is 1.36 bits per heavy atom. The van der Waals surface area contributed by atoms with E-state index in [0.29, 0.717) is 13.0 Å². The lowest BCUT2D eigenvalue weighted by Gasteiger charge is -2.35. The maximum absolute atomic E-state index is 12.3. The molecule has 1 fully saturated rings. The molecule has 1 N–H and O–H groups in total. The molecule has 2 heterocycles. The normalized spacial score (nSPS) is 16.9. The molecule has 1 aromatic heterocycles. The van der Waals surface area contributed by atoms with Gasteiger partial charge in [0.05, 0.1) is 6.61 Å². The van der Waals surface area contributed by atoms with E-state index >= 15 is 0 Å². The SMILES string of the molecule is CC(CO)N(C)CCC(=O)N1CCN(c2ccccn2)CC1. The molecule has 1 aliphatic rings. The number of pyridine rings is 1. The monoisotopic (exact) mass is 306 g/mol. The summed E-state index contributed by atoms with van der Waals surface area (Å²) in [5.74, 6) is 1.17. The Hall–Kier alpha value is -1.66. The van der Waals surface area contributed by atoms with Crippen LogP contribution in [0.25, 0.3) is 0 Å². The van der Waals surface area contributed by atoms with Gasteiger partial charge in [-0.1, -0.05) is 6.07 Å². The van der Waals surface area contributed by atoms with Gasteiger partial charge in [-0.3, -0.25) is 4.79 Å². The van der Waals surface area contributed by atoms with E-state index in [9.17, 15) is 4.79 Å². The van der Waals surface area contributed by atoms with E-state index in [1.807, 2.05) is 42.0 Å². The largest absolute Gasteiger partial charge is 0.395 e. The van der Waals surface area contributed by atoms with Crippen molar-refractivity contribution < 1.29 is 9.90 Å². The van der Waals surface area contributed by atoms with Gasteiger partial charge in [-0.05, 0) is 26.1 Å². The van der Waals surface area contributed by atoms with Crippen molar-refractivity contribution >= 4 is 11.7 Å². The van der Waals surface area contributed by atoms with Crippen molar-refractivity contribution in [3.05, 3.63) is 24.4 Å². The molecule has 1 aliphatic heterocycles. The first-order valence-electron chi connectivity index (χ1n) is 7.86. The van der Waals surface area contributed by atoms with Crippen LogP contribution in [0.2, 0.25) is 0 Å². The molecule has 1 unspecified atom stereocenters. The number of rotatable bonds is 6. The number of carbonyl (C=O) groups excluding carboxylic acids is 1. The Kier molecular flexibility index (Phi) is 6.15. The lowest BCUT2D eigenvalue weighted by molar-refractivity contribution is -0.131. The van der Waals surface area contributed by atoms with Crippen molar-refractivity contribution in [3.63, 3.8) is 0 Å². The molecule has 1 atom stereocenters. The Balaban J connectivity index is 1.75. The Bertz CT molecular complexity index is 460. The van der Waals surface area contributed by atoms with Gasteiger partial charge >= 0.3 is 0 Å². The molecule has 0 radical (unpaired) electrons. The topological polar surface area (TPSA) is 59.9 Å². The van der Waals surface area contributed by atoms with Crippen molar-refractivity contribution in [1.82, 2.24) is 14.8 Å². The zero-order valence-electron chi connectivity index (χ0n) is 13.5. The average molecular weight is 306 g/mol. The third-order valence-electron chi connectivity index (χ3n) is 4.30. The number of carbonyl (C=O) groups is 1. The highest BCUT2D eigenvalue weighted by molar-refractivity contribution is 5.76. The average Bonchev–Trinajstić information content (AvgIpc) is 2.59. The number of amides is 1. The summed E-state index contributed by atoms with van der Waals surface area (Å²) in [6.45, 7) is 5.89. The minimum absolute atomic E-state index is 0.0915. The quantitative estimate of drug-likeness (QED) is 0.826. The molecule has 22 heavy (non-hydrogen) atoms. The number of aliphatic hydroxyl groups is 1. The molecule has 0 saturated carbocycles. The van der Waals surface area contributed by atoms with Gasteiger partial charge in [-0.25, -0.2) is 4.98 Å². The number of nitrogens with zero attached hydrogens (tertiary/aromatic N) is 4. The molecular weight excluding hydrogens is 280 g/mol. The lowest BCUT2D eigenvalue weighted by Crippen LogP contribution is -2.49. The standard InChI is InChI=1S/C16H26N4O2/c1-14(13-21)18(2)8-6-16(22)20-11-9-19(10-12-20)15-5-3-4-7-17-15/h3-5,7,14,21H,6,8-13H2,1-2H3. The summed E-state index contributed by atoms with van der Waals surface area (Å²) < 4.78 is 0. The van der Waals surface area contributed by atoms with Crippen LogP contribution in [-0.2, 0) is 4.79 Å². The van der Waals surface area contributed by atoms with Crippen LogP contribution < -0.4 is 4.90 Å². The second kappa shape index (κ2) is 8.10. The Morgan fingerprint density at radius 2 is 2.09 bits per heavy atom. The number of aromatic nitrogens is 1. The molecule has 6 nitrogen and oxygen atoms in total. The third kappa shape index (κ3) is 4.42. The summed E-state index contributed by atoms with van der Waals surface area (Å²) in [6.07, 6.45) is 2.30. The fraction of sp³-hybridized carbons (Fsp3) is 0.625. The smallest absolute Gasteiger partial charge is 0.223 e. The van der Waals surface area contributed by atoms with Crippen LogP contribution in [0.5, 0.6) is 0 Å². The summed E-state index contributed by atoms with van der Waals surface area (Å²) in [6, 6.07) is 5.99. The van der Waals surface area contributed by atoms with Crippen molar-refractivity contribution in [1.29, 1.82) is 0 Å². The zero-order chi connectivity index (χ0) is 15.9. The van der Waals surface area contributed by atoms with E-state index in [1.165, 1.54) is 0 Å². The molecule has 0 bridgehead atoms. The van der Waals surface area contributed by atoms with Gasteiger partial charge in [0, 0.05) is 51.4 Å². The second-order valence-corrected chi connectivity index (χ2v) is 5.82. The highest BCUT2D eigenvalue weighted by atomic mass is 16.3. The van der Waals surface area contributed by atoms with Gasteiger partial charge < -0.3 is 19.8 Å². The maximum atomic E-state index is 12.3. The fourth-order valence-electron chi connectivity index (χ4n) is 2.52. The predicted molar refractivity (Wildman–Crippen MR) is 86.8 cm³/mol. The third-order valence-corrected chi connectivity index (χ3v) is 4.30. The molecular formula is C16H26N4O2. The van der Waals surface area contributed by atoms with Gasteiger partial charge in [0.1, 0.15) is 5.82 Å². The van der Waals surface area contributed by atoms with Crippen molar-refractivity contribution in [2.45, 2.75) is 19.4 Å². The minimum atomic E-state index is 0.0915. The van der Waals surface area contributed by atoms with Crippen molar-refractivity contribution in [2.24, 2.45) is 0 Å². The van der Waals surface area contributed by atoms with Crippen LogP contribution in [0.4, 0.5) is 5.82 Å². The van der Waals surface area contributed by atoms with Gasteiger partial charge in [-0.2, -0.15) is 0 Å². The van der Waals surface area contributed by atoms with Crippen molar-refractivity contribution in [2.75, 3.05) is 51.3 Å². The first-order valence-corrected chi connectivity index (χ1v) is 7.86. The Labute approximate surface area is 132 Å². The van der Waals surface area contributed by atoms with Crippen LogP contribution in [0.15, 0.2) is 24.4 Å². The number of aliphatic hydroxyl groups excluding tert-OH is 1. The molecule has 1 amide bonds. The van der Waals surface area contributed by atoms with Gasteiger partial charge in [0.15, 0.2) is 0 Å². The summed E-state index contributed by atoms with van der Waals surface area (Å²) in [5.41, 5.74) is 0. The lowest BCUT2D eigenvalue weighted by atomic mass is 10.2. The van der Waals surface area contributed by atoms with Crippen LogP contribution >= 0.6 is 0 Å². The number of likely N-dealkylation sites (N-methyl/N-ethyl adjacent to an activating group) is 1. The molecule has 0 aromatic carbocycles. The van der Waals surface area contributed by atoms with E-state index in [-0.39, 0.29) is 18.6 Å².